The number of hydrogen-bond acceptors (Lipinski definition) is 4. The summed E-state index contributed by atoms with van der Waals surface area (Å²) in [5.74, 6) is 0.257. The Morgan fingerprint density at radius 1 is 1.19 bits per heavy atom. The third-order valence-electron chi connectivity index (χ3n) is 5.47. The quantitative estimate of drug-likeness (QED) is 0.866. The Bertz CT molecular complexity index is 772. The van der Waals surface area contributed by atoms with Crippen LogP contribution in [-0.4, -0.2) is 52.8 Å². The molecule has 0 saturated carbocycles. The number of rotatable bonds is 4. The number of carbonyl (C=O) groups is 2. The van der Waals surface area contributed by atoms with Gasteiger partial charge in [-0.05, 0) is 29.9 Å². The largest absolute Gasteiger partial charge is 0.445 e. The van der Waals surface area contributed by atoms with Crippen molar-refractivity contribution in [1.29, 1.82) is 0 Å². The molecule has 1 saturated heterocycles. The van der Waals surface area contributed by atoms with Gasteiger partial charge < -0.3 is 15.0 Å². The first-order valence-corrected chi connectivity index (χ1v) is 9.48. The summed E-state index contributed by atoms with van der Waals surface area (Å²) >= 11 is 0. The molecule has 7 nitrogen and oxygen atoms in total. The molecule has 0 unspecified atom stereocenters. The van der Waals surface area contributed by atoms with Gasteiger partial charge in [-0.15, -0.1) is 0 Å². The molecule has 0 radical (unpaired) electrons. The average Bonchev–Trinajstić information content (AvgIpc) is 3.35. The average molecular weight is 368 g/mol. The maximum atomic E-state index is 12.5. The second-order valence-corrected chi connectivity index (χ2v) is 7.31. The van der Waals surface area contributed by atoms with Gasteiger partial charge in [0.25, 0.3) is 5.91 Å². The number of carbonyl (C=O) groups excluding carboxylic acids is 2. The van der Waals surface area contributed by atoms with Gasteiger partial charge in [0, 0.05) is 38.7 Å². The van der Waals surface area contributed by atoms with Crippen molar-refractivity contribution in [3.05, 3.63) is 53.3 Å². The van der Waals surface area contributed by atoms with Gasteiger partial charge >= 0.3 is 6.09 Å². The minimum Gasteiger partial charge on any atom is -0.445 e. The lowest BCUT2D eigenvalue weighted by Gasteiger charge is -2.32. The van der Waals surface area contributed by atoms with Crippen molar-refractivity contribution in [1.82, 2.24) is 20.4 Å². The Morgan fingerprint density at radius 3 is 2.52 bits per heavy atom. The highest BCUT2D eigenvalue weighted by Crippen LogP contribution is 2.25. The molecule has 1 fully saturated rings. The molecule has 1 aromatic heterocycles. The SMILES string of the molecule is O=C(NCC1CCN(C(=O)OC2Cc3ccccc3C2)CC1)c1cn[nH]c1. The minimum absolute atomic E-state index is 0.0538. The lowest BCUT2D eigenvalue weighted by Crippen LogP contribution is -2.42. The van der Waals surface area contributed by atoms with Gasteiger partial charge in [0.05, 0.1) is 11.8 Å². The van der Waals surface area contributed by atoms with Gasteiger partial charge in [-0.25, -0.2) is 4.79 Å². The molecular weight excluding hydrogens is 344 g/mol. The third kappa shape index (κ3) is 4.13. The first kappa shape index (κ1) is 17.6. The number of likely N-dealkylation sites (tertiary alicyclic amines) is 1. The number of fused-ring (bicyclic) bond motifs is 1. The second kappa shape index (κ2) is 7.82. The summed E-state index contributed by atoms with van der Waals surface area (Å²) in [5.41, 5.74) is 3.10. The molecule has 0 spiro atoms. The molecule has 2 N–H and O–H groups in total. The van der Waals surface area contributed by atoms with E-state index in [0.29, 0.717) is 31.1 Å². The first-order valence-electron chi connectivity index (χ1n) is 9.48. The van der Waals surface area contributed by atoms with Gasteiger partial charge in [-0.2, -0.15) is 5.10 Å². The number of aromatic amines is 1. The molecule has 2 amide bonds. The van der Waals surface area contributed by atoms with Crippen LogP contribution in [0.2, 0.25) is 0 Å². The smallest absolute Gasteiger partial charge is 0.410 e. The van der Waals surface area contributed by atoms with E-state index in [0.717, 1.165) is 25.7 Å². The van der Waals surface area contributed by atoms with Crippen LogP contribution in [0, 0.1) is 5.92 Å². The summed E-state index contributed by atoms with van der Waals surface area (Å²) < 4.78 is 5.72. The van der Waals surface area contributed by atoms with Crippen molar-refractivity contribution >= 4 is 12.0 Å². The number of amides is 2. The molecule has 2 aromatic rings. The molecule has 1 aromatic carbocycles. The van der Waals surface area contributed by atoms with Crippen LogP contribution < -0.4 is 5.32 Å². The molecular formula is C20H24N4O3. The highest BCUT2D eigenvalue weighted by atomic mass is 16.6. The number of aromatic nitrogens is 2. The van der Waals surface area contributed by atoms with E-state index in [9.17, 15) is 9.59 Å². The Morgan fingerprint density at radius 2 is 1.89 bits per heavy atom. The molecule has 142 valence electrons. The Kier molecular flexibility index (Phi) is 5.09. The topological polar surface area (TPSA) is 87.3 Å². The van der Waals surface area contributed by atoms with Crippen molar-refractivity contribution < 1.29 is 14.3 Å². The highest BCUT2D eigenvalue weighted by molar-refractivity contribution is 5.93. The summed E-state index contributed by atoms with van der Waals surface area (Å²) in [5, 5.41) is 9.35. The number of nitrogens with zero attached hydrogens (tertiary/aromatic N) is 2. The highest BCUT2D eigenvalue weighted by Gasteiger charge is 2.29. The summed E-state index contributed by atoms with van der Waals surface area (Å²) in [6, 6.07) is 8.26. The standard InChI is InChI=1S/C20H24N4O3/c25-19(17-12-22-23-13-17)21-11-14-5-7-24(8-6-14)20(26)27-18-9-15-3-1-2-4-16(15)10-18/h1-4,12-14,18H,5-11H2,(H,21,25)(H,22,23). The van der Waals surface area contributed by atoms with Crippen molar-refractivity contribution in [3.63, 3.8) is 0 Å². The Balaban J connectivity index is 1.19. The molecule has 27 heavy (non-hydrogen) atoms. The number of ether oxygens (including phenoxy) is 1. The monoisotopic (exact) mass is 368 g/mol. The summed E-state index contributed by atoms with van der Waals surface area (Å²) in [6.07, 6.45) is 6.16. The van der Waals surface area contributed by atoms with E-state index in [2.05, 4.69) is 27.6 Å². The van der Waals surface area contributed by atoms with Crippen LogP contribution in [-0.2, 0) is 17.6 Å². The number of hydrogen-bond donors (Lipinski definition) is 2. The zero-order chi connectivity index (χ0) is 18.6. The Labute approximate surface area is 158 Å². The molecule has 0 atom stereocenters. The van der Waals surface area contributed by atoms with Crippen molar-refractivity contribution in [2.24, 2.45) is 5.92 Å². The molecule has 7 heteroatoms. The number of piperidine rings is 1. The number of nitrogens with one attached hydrogen (secondary N) is 2. The lowest BCUT2D eigenvalue weighted by molar-refractivity contribution is 0.0560. The fourth-order valence-electron chi connectivity index (χ4n) is 3.85. The predicted molar refractivity (Wildman–Crippen MR) is 99.3 cm³/mol. The van der Waals surface area contributed by atoms with Crippen molar-refractivity contribution in [3.8, 4) is 0 Å². The van der Waals surface area contributed by atoms with Crippen LogP contribution in [0.15, 0.2) is 36.7 Å². The van der Waals surface area contributed by atoms with Gasteiger partial charge in [0.2, 0.25) is 0 Å². The van der Waals surface area contributed by atoms with E-state index in [1.54, 1.807) is 11.1 Å². The van der Waals surface area contributed by atoms with Crippen LogP contribution in [0.3, 0.4) is 0 Å². The fourth-order valence-corrected chi connectivity index (χ4v) is 3.85. The van der Waals surface area contributed by atoms with Crippen molar-refractivity contribution in [2.45, 2.75) is 31.8 Å². The van der Waals surface area contributed by atoms with Crippen LogP contribution in [0.4, 0.5) is 4.79 Å². The Hall–Kier alpha value is -2.83. The van der Waals surface area contributed by atoms with E-state index >= 15 is 0 Å². The maximum absolute atomic E-state index is 12.5. The van der Waals surface area contributed by atoms with Gasteiger partial charge in [0.15, 0.2) is 0 Å². The van der Waals surface area contributed by atoms with Crippen LogP contribution in [0.1, 0.15) is 34.3 Å². The van der Waals surface area contributed by atoms with Crippen LogP contribution in [0.25, 0.3) is 0 Å². The predicted octanol–water partition coefficient (Wildman–Crippen LogP) is 2.16. The van der Waals surface area contributed by atoms with E-state index in [-0.39, 0.29) is 18.1 Å². The molecule has 1 aliphatic carbocycles. The van der Waals surface area contributed by atoms with E-state index in [1.807, 2.05) is 12.1 Å². The van der Waals surface area contributed by atoms with Crippen LogP contribution >= 0.6 is 0 Å². The molecule has 2 heterocycles. The fraction of sp³-hybridized carbons (Fsp3) is 0.450. The molecule has 4 rings (SSSR count). The zero-order valence-corrected chi connectivity index (χ0v) is 15.2. The second-order valence-electron chi connectivity index (χ2n) is 7.31. The molecule has 0 bridgehead atoms. The normalized spacial score (nSPS) is 17.6. The van der Waals surface area contributed by atoms with Gasteiger partial charge in [-0.1, -0.05) is 24.3 Å². The number of H-pyrrole nitrogens is 1. The van der Waals surface area contributed by atoms with Gasteiger partial charge in [0.1, 0.15) is 6.10 Å². The van der Waals surface area contributed by atoms with E-state index in [4.69, 9.17) is 4.74 Å². The lowest BCUT2D eigenvalue weighted by atomic mass is 9.97. The van der Waals surface area contributed by atoms with Crippen LogP contribution in [0.5, 0.6) is 0 Å². The number of benzene rings is 1. The molecule has 2 aliphatic rings. The molecule has 1 aliphatic heterocycles. The third-order valence-corrected chi connectivity index (χ3v) is 5.47. The zero-order valence-electron chi connectivity index (χ0n) is 15.2. The van der Waals surface area contributed by atoms with E-state index < -0.39 is 0 Å². The van der Waals surface area contributed by atoms with E-state index in [1.165, 1.54) is 17.3 Å². The first-order chi connectivity index (χ1) is 13.2. The summed E-state index contributed by atoms with van der Waals surface area (Å²) in [6.45, 7) is 1.96. The minimum atomic E-state index is -0.214. The summed E-state index contributed by atoms with van der Waals surface area (Å²) in [7, 11) is 0. The van der Waals surface area contributed by atoms with Crippen molar-refractivity contribution in [2.75, 3.05) is 19.6 Å². The van der Waals surface area contributed by atoms with Gasteiger partial charge in [-0.3, -0.25) is 9.89 Å². The maximum Gasteiger partial charge on any atom is 0.410 e. The summed E-state index contributed by atoms with van der Waals surface area (Å²) in [4.78, 5) is 26.2.